The van der Waals surface area contributed by atoms with Gasteiger partial charge in [0.05, 0.1) is 0 Å². The zero-order valence-electron chi connectivity index (χ0n) is 9.02. The standard InChI is InChI=1S/C11H14O3S/c1-11(2,3)14-10(13)8(7-12)9-5-4-6-15-9/h4-8H,1-3H3. The van der Waals surface area contributed by atoms with Crippen molar-refractivity contribution in [3.8, 4) is 0 Å². The fourth-order valence-electron chi connectivity index (χ4n) is 1.07. The molecule has 0 aliphatic heterocycles. The van der Waals surface area contributed by atoms with Crippen molar-refractivity contribution in [3.63, 3.8) is 0 Å². The monoisotopic (exact) mass is 226 g/mol. The molecule has 3 nitrogen and oxygen atoms in total. The first-order chi connectivity index (χ1) is 6.94. The summed E-state index contributed by atoms with van der Waals surface area (Å²) < 4.78 is 5.15. The van der Waals surface area contributed by atoms with Gasteiger partial charge in [-0.2, -0.15) is 0 Å². The highest BCUT2D eigenvalue weighted by atomic mass is 32.1. The van der Waals surface area contributed by atoms with Crippen LogP contribution in [0.2, 0.25) is 0 Å². The minimum Gasteiger partial charge on any atom is -0.459 e. The predicted octanol–water partition coefficient (Wildman–Crippen LogP) is 2.37. The Balaban J connectivity index is 2.77. The van der Waals surface area contributed by atoms with Crippen LogP contribution in [0.1, 0.15) is 31.6 Å². The van der Waals surface area contributed by atoms with E-state index in [9.17, 15) is 9.59 Å². The molecule has 0 spiro atoms. The Hall–Kier alpha value is -1.16. The van der Waals surface area contributed by atoms with E-state index in [4.69, 9.17) is 4.74 Å². The molecule has 1 aromatic heterocycles. The second-order valence-corrected chi connectivity index (χ2v) is 5.14. The Bertz CT molecular complexity index is 335. The van der Waals surface area contributed by atoms with Crippen molar-refractivity contribution in [3.05, 3.63) is 22.4 Å². The minimum atomic E-state index is -0.788. The molecule has 1 rings (SSSR count). The second-order valence-electron chi connectivity index (χ2n) is 4.16. The highest BCUT2D eigenvalue weighted by Gasteiger charge is 2.26. The second kappa shape index (κ2) is 4.57. The fourth-order valence-corrected chi connectivity index (χ4v) is 1.84. The molecule has 1 heterocycles. The van der Waals surface area contributed by atoms with Gasteiger partial charge in [-0.3, -0.25) is 4.79 Å². The van der Waals surface area contributed by atoms with Crippen molar-refractivity contribution in [2.75, 3.05) is 0 Å². The van der Waals surface area contributed by atoms with Gasteiger partial charge in [0.25, 0.3) is 0 Å². The maximum atomic E-state index is 11.6. The first-order valence-corrected chi connectivity index (χ1v) is 5.53. The Morgan fingerprint density at radius 3 is 2.60 bits per heavy atom. The number of aldehydes is 1. The molecule has 1 aromatic rings. The van der Waals surface area contributed by atoms with Crippen LogP contribution in [0.15, 0.2) is 17.5 Å². The zero-order valence-corrected chi connectivity index (χ0v) is 9.84. The molecule has 0 fully saturated rings. The van der Waals surface area contributed by atoms with E-state index in [1.807, 2.05) is 5.38 Å². The topological polar surface area (TPSA) is 43.4 Å². The Labute approximate surface area is 93.1 Å². The Morgan fingerprint density at radius 1 is 1.53 bits per heavy atom. The summed E-state index contributed by atoms with van der Waals surface area (Å²) in [6.45, 7) is 5.34. The van der Waals surface area contributed by atoms with Gasteiger partial charge in [-0.25, -0.2) is 0 Å². The van der Waals surface area contributed by atoms with Crippen LogP contribution in [0.3, 0.4) is 0 Å². The molecule has 0 bridgehead atoms. The molecule has 0 aliphatic rings. The molecule has 4 heteroatoms. The molecule has 0 radical (unpaired) electrons. The van der Waals surface area contributed by atoms with Crippen molar-refractivity contribution in [2.24, 2.45) is 0 Å². The van der Waals surface area contributed by atoms with Crippen molar-refractivity contribution in [1.82, 2.24) is 0 Å². The maximum absolute atomic E-state index is 11.6. The number of carbonyl (C=O) groups excluding carboxylic acids is 2. The van der Waals surface area contributed by atoms with Gasteiger partial charge in [-0.05, 0) is 32.2 Å². The lowest BCUT2D eigenvalue weighted by Crippen LogP contribution is -2.28. The van der Waals surface area contributed by atoms with Crippen LogP contribution >= 0.6 is 11.3 Å². The van der Waals surface area contributed by atoms with Crippen LogP contribution in [0.4, 0.5) is 0 Å². The number of ether oxygens (including phenoxy) is 1. The number of rotatable bonds is 3. The molecule has 0 aliphatic carbocycles. The number of thiophene rings is 1. The summed E-state index contributed by atoms with van der Waals surface area (Å²) in [7, 11) is 0. The molecule has 0 saturated carbocycles. The first-order valence-electron chi connectivity index (χ1n) is 4.65. The molecule has 0 aromatic carbocycles. The molecule has 0 N–H and O–H groups in total. The Morgan fingerprint density at radius 2 is 2.20 bits per heavy atom. The molecule has 0 amide bonds. The number of hydrogen-bond donors (Lipinski definition) is 0. The third kappa shape index (κ3) is 3.47. The summed E-state index contributed by atoms with van der Waals surface area (Å²) in [5, 5.41) is 1.83. The zero-order chi connectivity index (χ0) is 11.5. The van der Waals surface area contributed by atoms with Crippen molar-refractivity contribution >= 4 is 23.6 Å². The van der Waals surface area contributed by atoms with E-state index in [1.165, 1.54) is 11.3 Å². The van der Waals surface area contributed by atoms with Crippen LogP contribution in [0.25, 0.3) is 0 Å². The summed E-state index contributed by atoms with van der Waals surface area (Å²) in [6.07, 6.45) is 0.625. The lowest BCUT2D eigenvalue weighted by molar-refractivity contribution is -0.157. The number of carbonyl (C=O) groups is 2. The van der Waals surface area contributed by atoms with E-state index in [2.05, 4.69) is 0 Å². The molecule has 15 heavy (non-hydrogen) atoms. The van der Waals surface area contributed by atoms with Crippen LogP contribution in [-0.2, 0) is 14.3 Å². The van der Waals surface area contributed by atoms with Crippen LogP contribution in [0.5, 0.6) is 0 Å². The van der Waals surface area contributed by atoms with Gasteiger partial charge in [0.2, 0.25) is 0 Å². The number of hydrogen-bond acceptors (Lipinski definition) is 4. The lowest BCUT2D eigenvalue weighted by Gasteiger charge is -2.21. The van der Waals surface area contributed by atoms with E-state index < -0.39 is 17.5 Å². The van der Waals surface area contributed by atoms with Crippen LogP contribution in [-0.4, -0.2) is 17.9 Å². The lowest BCUT2D eigenvalue weighted by atomic mass is 10.1. The summed E-state index contributed by atoms with van der Waals surface area (Å²) in [5.41, 5.74) is -0.560. The summed E-state index contributed by atoms with van der Waals surface area (Å²) in [5.74, 6) is -1.27. The predicted molar refractivity (Wildman–Crippen MR) is 59.0 cm³/mol. The van der Waals surface area contributed by atoms with E-state index in [-0.39, 0.29) is 0 Å². The van der Waals surface area contributed by atoms with Crippen molar-refractivity contribution < 1.29 is 14.3 Å². The Kier molecular flexibility index (Phi) is 3.63. The largest absolute Gasteiger partial charge is 0.459 e. The summed E-state index contributed by atoms with van der Waals surface area (Å²) in [4.78, 5) is 23.2. The van der Waals surface area contributed by atoms with E-state index in [1.54, 1.807) is 32.9 Å². The quantitative estimate of drug-likeness (QED) is 0.451. The van der Waals surface area contributed by atoms with Crippen molar-refractivity contribution in [1.29, 1.82) is 0 Å². The van der Waals surface area contributed by atoms with E-state index >= 15 is 0 Å². The summed E-state index contributed by atoms with van der Waals surface area (Å²) in [6, 6.07) is 3.56. The molecule has 1 unspecified atom stereocenters. The minimum absolute atomic E-state index is 0.486. The molecule has 1 atom stereocenters. The molecular weight excluding hydrogens is 212 g/mol. The van der Waals surface area contributed by atoms with Gasteiger partial charge < -0.3 is 9.53 Å². The van der Waals surface area contributed by atoms with E-state index in [0.717, 1.165) is 4.88 Å². The van der Waals surface area contributed by atoms with Gasteiger partial charge >= 0.3 is 5.97 Å². The first kappa shape index (κ1) is 11.9. The average Bonchev–Trinajstić information content (AvgIpc) is 2.54. The molecular formula is C11H14O3S. The smallest absolute Gasteiger partial charge is 0.322 e. The van der Waals surface area contributed by atoms with Crippen LogP contribution < -0.4 is 0 Å². The SMILES string of the molecule is CC(C)(C)OC(=O)C(C=O)c1cccs1. The fraction of sp³-hybridized carbons (Fsp3) is 0.455. The maximum Gasteiger partial charge on any atom is 0.322 e. The van der Waals surface area contributed by atoms with E-state index in [0.29, 0.717) is 6.29 Å². The van der Waals surface area contributed by atoms with Gasteiger partial charge in [-0.1, -0.05) is 6.07 Å². The van der Waals surface area contributed by atoms with Gasteiger partial charge in [0.1, 0.15) is 17.8 Å². The number of esters is 1. The van der Waals surface area contributed by atoms with Crippen molar-refractivity contribution in [2.45, 2.75) is 32.3 Å². The normalized spacial score (nSPS) is 13.3. The summed E-state index contributed by atoms with van der Waals surface area (Å²) >= 11 is 1.38. The third-order valence-corrected chi connectivity index (χ3v) is 2.60. The highest BCUT2D eigenvalue weighted by molar-refractivity contribution is 7.10. The van der Waals surface area contributed by atoms with Crippen LogP contribution in [0, 0.1) is 0 Å². The molecule has 82 valence electrons. The third-order valence-electron chi connectivity index (χ3n) is 1.65. The average molecular weight is 226 g/mol. The van der Waals surface area contributed by atoms with Gasteiger partial charge in [0, 0.05) is 4.88 Å². The highest BCUT2D eigenvalue weighted by Crippen LogP contribution is 2.22. The van der Waals surface area contributed by atoms with Gasteiger partial charge in [0.15, 0.2) is 0 Å². The van der Waals surface area contributed by atoms with Gasteiger partial charge in [-0.15, -0.1) is 11.3 Å². The molecule has 0 saturated heterocycles.